The molecule has 1 fully saturated rings. The van der Waals surface area contributed by atoms with Crippen molar-refractivity contribution in [3.05, 3.63) is 42.5 Å². The summed E-state index contributed by atoms with van der Waals surface area (Å²) in [5.74, 6) is 0.766. The molecule has 1 N–H and O–H groups in total. The molecule has 152 valence electrons. The molecule has 0 aromatic heterocycles. The summed E-state index contributed by atoms with van der Waals surface area (Å²) in [7, 11) is -4.59. The number of sulfonamides is 2. The van der Waals surface area contributed by atoms with Crippen molar-refractivity contribution in [2.24, 2.45) is 0 Å². The van der Waals surface area contributed by atoms with Crippen molar-refractivity contribution in [3.8, 4) is 11.5 Å². The Kier molecular flexibility index (Phi) is 5.71. The number of anilines is 2. The van der Waals surface area contributed by atoms with E-state index >= 15 is 0 Å². The summed E-state index contributed by atoms with van der Waals surface area (Å²) in [5.41, 5.74) is 0.648. The van der Waals surface area contributed by atoms with Crippen LogP contribution in [0.5, 0.6) is 11.5 Å². The van der Waals surface area contributed by atoms with Crippen molar-refractivity contribution >= 4 is 31.4 Å². The van der Waals surface area contributed by atoms with Crippen LogP contribution in [0.15, 0.2) is 47.4 Å². The topological polar surface area (TPSA) is 102 Å². The summed E-state index contributed by atoms with van der Waals surface area (Å²) < 4.78 is 64.6. The van der Waals surface area contributed by atoms with E-state index < -0.39 is 20.0 Å². The van der Waals surface area contributed by atoms with Gasteiger partial charge in [0.15, 0.2) is 0 Å². The molecule has 0 unspecified atom stereocenters. The number of hydrogen-bond acceptors (Lipinski definition) is 6. The van der Waals surface area contributed by atoms with Crippen LogP contribution in [0.25, 0.3) is 0 Å². The lowest BCUT2D eigenvalue weighted by molar-refractivity contribution is 0.403. The van der Waals surface area contributed by atoms with Crippen molar-refractivity contribution < 1.29 is 26.3 Å². The van der Waals surface area contributed by atoms with Crippen LogP contribution < -0.4 is 18.5 Å². The predicted molar refractivity (Wildman–Crippen MR) is 107 cm³/mol. The Labute approximate surface area is 165 Å². The standard InChI is InChI=1S/C18H22N2O6S2/c1-25-16-8-5-14(6-9-16)19-28(23,24)18-13-15(7-10-17(18)26-2)20-11-3-4-12-27(20,21)22/h5-10,13,19H,3-4,11-12H2,1-2H3. The van der Waals surface area contributed by atoms with E-state index in [1.54, 1.807) is 30.3 Å². The van der Waals surface area contributed by atoms with E-state index in [1.165, 1.54) is 30.7 Å². The Balaban J connectivity index is 1.98. The third kappa shape index (κ3) is 4.17. The van der Waals surface area contributed by atoms with Gasteiger partial charge in [0.1, 0.15) is 16.4 Å². The average Bonchev–Trinajstić information content (AvgIpc) is 2.67. The van der Waals surface area contributed by atoms with E-state index in [4.69, 9.17) is 9.47 Å². The maximum atomic E-state index is 12.9. The van der Waals surface area contributed by atoms with Crippen LogP contribution in [0.2, 0.25) is 0 Å². The SMILES string of the molecule is COc1ccc(NS(=O)(=O)c2cc(N3CCCCS3(=O)=O)ccc2OC)cc1. The molecule has 0 atom stereocenters. The van der Waals surface area contributed by atoms with Crippen LogP contribution in [0, 0.1) is 0 Å². The minimum atomic E-state index is -4.01. The molecule has 2 aromatic rings. The van der Waals surface area contributed by atoms with E-state index in [2.05, 4.69) is 4.72 Å². The summed E-state index contributed by atoms with van der Waals surface area (Å²) in [6.45, 7) is 0.320. The number of nitrogens with one attached hydrogen (secondary N) is 1. The van der Waals surface area contributed by atoms with Gasteiger partial charge in [0.2, 0.25) is 10.0 Å². The molecule has 2 aromatic carbocycles. The van der Waals surface area contributed by atoms with Crippen LogP contribution in [-0.2, 0) is 20.0 Å². The van der Waals surface area contributed by atoms with Crippen molar-refractivity contribution in [2.45, 2.75) is 17.7 Å². The fraction of sp³-hybridized carbons (Fsp3) is 0.333. The quantitative estimate of drug-likeness (QED) is 0.761. The third-order valence-corrected chi connectivity index (χ3v) is 7.69. The van der Waals surface area contributed by atoms with Crippen LogP contribution in [0.4, 0.5) is 11.4 Å². The van der Waals surface area contributed by atoms with Gasteiger partial charge in [0.25, 0.3) is 10.0 Å². The molecule has 0 aliphatic carbocycles. The van der Waals surface area contributed by atoms with Gasteiger partial charge in [-0.1, -0.05) is 0 Å². The van der Waals surface area contributed by atoms with Gasteiger partial charge in [-0.3, -0.25) is 9.03 Å². The van der Waals surface area contributed by atoms with Crippen molar-refractivity contribution in [1.29, 1.82) is 0 Å². The first-order chi connectivity index (χ1) is 13.3. The van der Waals surface area contributed by atoms with E-state index in [1.807, 2.05) is 0 Å². The largest absolute Gasteiger partial charge is 0.497 e. The molecule has 0 amide bonds. The maximum Gasteiger partial charge on any atom is 0.265 e. The van der Waals surface area contributed by atoms with E-state index in [-0.39, 0.29) is 16.4 Å². The second-order valence-corrected chi connectivity index (χ2v) is 9.93. The number of ether oxygens (including phenoxy) is 2. The molecule has 1 heterocycles. The lowest BCUT2D eigenvalue weighted by Gasteiger charge is -2.28. The molecule has 3 rings (SSSR count). The molecule has 0 saturated carbocycles. The zero-order valence-corrected chi connectivity index (χ0v) is 17.2. The second kappa shape index (κ2) is 7.88. The molecular weight excluding hydrogens is 404 g/mol. The van der Waals surface area contributed by atoms with Gasteiger partial charge in [-0.25, -0.2) is 16.8 Å². The summed E-state index contributed by atoms with van der Waals surface area (Å²) in [6.07, 6.45) is 1.32. The Hall–Kier alpha value is -2.46. The summed E-state index contributed by atoms with van der Waals surface area (Å²) in [5, 5.41) is 0. The molecule has 1 aliphatic heterocycles. The van der Waals surface area contributed by atoms with Crippen molar-refractivity contribution in [3.63, 3.8) is 0 Å². The number of nitrogens with zero attached hydrogens (tertiary/aromatic N) is 1. The molecule has 0 spiro atoms. The summed E-state index contributed by atoms with van der Waals surface area (Å²) in [6, 6.07) is 10.7. The first kappa shape index (κ1) is 20.3. The monoisotopic (exact) mass is 426 g/mol. The minimum absolute atomic E-state index is 0.0468. The molecular formula is C18H22N2O6S2. The fourth-order valence-electron chi connectivity index (χ4n) is 2.98. The van der Waals surface area contributed by atoms with Gasteiger partial charge < -0.3 is 9.47 Å². The molecule has 28 heavy (non-hydrogen) atoms. The van der Waals surface area contributed by atoms with Crippen molar-refractivity contribution in [1.82, 2.24) is 0 Å². The minimum Gasteiger partial charge on any atom is -0.497 e. The molecule has 1 saturated heterocycles. The maximum absolute atomic E-state index is 12.9. The molecule has 10 heteroatoms. The molecule has 0 radical (unpaired) electrons. The third-order valence-electron chi connectivity index (χ3n) is 4.42. The number of methoxy groups -OCH3 is 2. The Morgan fingerprint density at radius 3 is 2.32 bits per heavy atom. The van der Waals surface area contributed by atoms with Crippen LogP contribution >= 0.6 is 0 Å². The van der Waals surface area contributed by atoms with E-state index in [0.717, 1.165) is 6.42 Å². The summed E-state index contributed by atoms with van der Waals surface area (Å²) in [4.78, 5) is -0.135. The highest BCUT2D eigenvalue weighted by Gasteiger charge is 2.28. The van der Waals surface area contributed by atoms with Crippen LogP contribution in [-0.4, -0.2) is 43.4 Å². The predicted octanol–water partition coefficient (Wildman–Crippen LogP) is 2.43. The van der Waals surface area contributed by atoms with Gasteiger partial charge in [0.05, 0.1) is 25.7 Å². The Morgan fingerprint density at radius 1 is 1.00 bits per heavy atom. The Morgan fingerprint density at radius 2 is 1.71 bits per heavy atom. The summed E-state index contributed by atoms with van der Waals surface area (Å²) >= 11 is 0. The second-order valence-electron chi connectivity index (χ2n) is 6.26. The van der Waals surface area contributed by atoms with Gasteiger partial charge >= 0.3 is 0 Å². The smallest absolute Gasteiger partial charge is 0.265 e. The molecule has 0 bridgehead atoms. The zero-order valence-electron chi connectivity index (χ0n) is 15.6. The van der Waals surface area contributed by atoms with Crippen LogP contribution in [0.3, 0.4) is 0 Å². The van der Waals surface area contributed by atoms with Gasteiger partial charge in [-0.15, -0.1) is 0 Å². The molecule has 8 nitrogen and oxygen atoms in total. The number of hydrogen-bond donors (Lipinski definition) is 1. The first-order valence-corrected chi connectivity index (χ1v) is 11.7. The average molecular weight is 427 g/mol. The highest BCUT2D eigenvalue weighted by Crippen LogP contribution is 2.33. The van der Waals surface area contributed by atoms with E-state index in [0.29, 0.717) is 30.1 Å². The van der Waals surface area contributed by atoms with Crippen molar-refractivity contribution in [2.75, 3.05) is 35.5 Å². The first-order valence-electron chi connectivity index (χ1n) is 8.62. The highest BCUT2D eigenvalue weighted by molar-refractivity contribution is 7.93. The van der Waals surface area contributed by atoms with Gasteiger partial charge in [-0.05, 0) is 55.3 Å². The Bertz CT molecular complexity index is 1050. The lowest BCUT2D eigenvalue weighted by atomic mass is 10.2. The normalized spacial score (nSPS) is 16.4. The van der Waals surface area contributed by atoms with E-state index in [9.17, 15) is 16.8 Å². The van der Waals surface area contributed by atoms with Crippen LogP contribution in [0.1, 0.15) is 12.8 Å². The zero-order chi connectivity index (χ0) is 20.4. The van der Waals surface area contributed by atoms with Gasteiger partial charge in [-0.2, -0.15) is 0 Å². The number of rotatable bonds is 6. The highest BCUT2D eigenvalue weighted by atomic mass is 32.2. The van der Waals surface area contributed by atoms with Gasteiger partial charge in [0, 0.05) is 12.2 Å². The lowest BCUT2D eigenvalue weighted by Crippen LogP contribution is -2.37. The fourth-order valence-corrected chi connectivity index (χ4v) is 5.86. The number of benzene rings is 2. The molecule has 1 aliphatic rings.